The SMILES string of the molecule is Cc1cccnc1OC1CCN(CC(=O)Nc2ccc(F)c(Cl)c2)CC1. The van der Waals surface area contributed by atoms with Crippen LogP contribution >= 0.6 is 11.6 Å². The number of hydrogen-bond donors (Lipinski definition) is 1. The van der Waals surface area contributed by atoms with Gasteiger partial charge in [-0.2, -0.15) is 0 Å². The number of hydrogen-bond acceptors (Lipinski definition) is 4. The summed E-state index contributed by atoms with van der Waals surface area (Å²) in [4.78, 5) is 18.5. The molecule has 2 aromatic rings. The van der Waals surface area contributed by atoms with Crippen LogP contribution in [0, 0.1) is 12.7 Å². The Hall–Kier alpha value is -2.18. The Morgan fingerprint density at radius 1 is 1.38 bits per heavy atom. The molecule has 3 rings (SSSR count). The summed E-state index contributed by atoms with van der Waals surface area (Å²) in [5, 5.41) is 2.73. The number of carbonyl (C=O) groups is 1. The third-order valence-corrected chi connectivity index (χ3v) is 4.63. The lowest BCUT2D eigenvalue weighted by Gasteiger charge is -2.31. The summed E-state index contributed by atoms with van der Waals surface area (Å²) in [6.07, 6.45) is 3.51. The van der Waals surface area contributed by atoms with Gasteiger partial charge in [0, 0.05) is 30.5 Å². The third kappa shape index (κ3) is 4.93. The Labute approximate surface area is 157 Å². The lowest BCUT2D eigenvalue weighted by molar-refractivity contribution is -0.117. The first-order valence-corrected chi connectivity index (χ1v) is 8.94. The van der Waals surface area contributed by atoms with Gasteiger partial charge in [0.15, 0.2) is 0 Å². The summed E-state index contributed by atoms with van der Waals surface area (Å²) in [7, 11) is 0. The second-order valence-electron chi connectivity index (χ2n) is 6.40. The highest BCUT2D eigenvalue weighted by atomic mass is 35.5. The first-order valence-electron chi connectivity index (χ1n) is 8.57. The predicted molar refractivity (Wildman–Crippen MR) is 99.1 cm³/mol. The van der Waals surface area contributed by atoms with E-state index in [1.165, 1.54) is 18.2 Å². The van der Waals surface area contributed by atoms with Crippen molar-refractivity contribution < 1.29 is 13.9 Å². The predicted octanol–water partition coefficient (Wildman–Crippen LogP) is 3.66. The van der Waals surface area contributed by atoms with E-state index in [1.54, 1.807) is 6.20 Å². The zero-order valence-corrected chi connectivity index (χ0v) is 15.3. The molecule has 0 saturated carbocycles. The van der Waals surface area contributed by atoms with E-state index in [9.17, 15) is 9.18 Å². The van der Waals surface area contributed by atoms with E-state index in [0.717, 1.165) is 31.5 Å². The summed E-state index contributed by atoms with van der Waals surface area (Å²) < 4.78 is 19.1. The fourth-order valence-corrected chi connectivity index (χ4v) is 3.10. The number of amides is 1. The molecule has 1 aromatic carbocycles. The number of nitrogens with zero attached hydrogens (tertiary/aromatic N) is 2. The standard InChI is InChI=1S/C19H21ClFN3O2/c1-13-3-2-8-22-19(13)26-15-6-9-24(10-7-15)12-18(25)23-14-4-5-17(21)16(20)11-14/h2-5,8,11,15H,6-7,9-10,12H2,1H3,(H,23,25). The van der Waals surface area contributed by atoms with Crippen molar-refractivity contribution in [2.24, 2.45) is 0 Å². The van der Waals surface area contributed by atoms with Crippen LogP contribution in [0.2, 0.25) is 5.02 Å². The van der Waals surface area contributed by atoms with Gasteiger partial charge in [0.05, 0.1) is 11.6 Å². The summed E-state index contributed by atoms with van der Waals surface area (Å²) in [6, 6.07) is 8.00. The van der Waals surface area contributed by atoms with Crippen LogP contribution in [0.3, 0.4) is 0 Å². The lowest BCUT2D eigenvalue weighted by Crippen LogP contribution is -2.42. The van der Waals surface area contributed by atoms with Gasteiger partial charge in [-0.3, -0.25) is 9.69 Å². The van der Waals surface area contributed by atoms with Gasteiger partial charge in [-0.15, -0.1) is 0 Å². The highest BCUT2D eigenvalue weighted by Gasteiger charge is 2.23. The maximum atomic E-state index is 13.2. The van der Waals surface area contributed by atoms with E-state index < -0.39 is 5.82 Å². The molecule has 1 aromatic heterocycles. The Morgan fingerprint density at radius 2 is 2.15 bits per heavy atom. The van der Waals surface area contributed by atoms with Crippen molar-refractivity contribution in [1.29, 1.82) is 0 Å². The van der Waals surface area contributed by atoms with Crippen molar-refractivity contribution in [1.82, 2.24) is 9.88 Å². The maximum Gasteiger partial charge on any atom is 0.238 e. The van der Waals surface area contributed by atoms with E-state index in [4.69, 9.17) is 16.3 Å². The van der Waals surface area contributed by atoms with Crippen molar-refractivity contribution in [3.63, 3.8) is 0 Å². The molecule has 1 amide bonds. The number of aromatic nitrogens is 1. The fraction of sp³-hybridized carbons (Fsp3) is 0.368. The molecule has 2 heterocycles. The van der Waals surface area contributed by atoms with Crippen molar-refractivity contribution in [2.45, 2.75) is 25.9 Å². The van der Waals surface area contributed by atoms with E-state index in [-0.39, 0.29) is 23.6 Å². The minimum absolute atomic E-state index is 0.00872. The number of aryl methyl sites for hydroxylation is 1. The van der Waals surface area contributed by atoms with Crippen LogP contribution in [0.15, 0.2) is 36.5 Å². The van der Waals surface area contributed by atoms with Crippen molar-refractivity contribution in [2.75, 3.05) is 25.0 Å². The summed E-state index contributed by atoms with van der Waals surface area (Å²) in [6.45, 7) is 3.80. The highest BCUT2D eigenvalue weighted by molar-refractivity contribution is 6.31. The van der Waals surface area contributed by atoms with Crippen LogP contribution in [-0.2, 0) is 4.79 Å². The average Bonchev–Trinajstić information content (AvgIpc) is 2.62. The topological polar surface area (TPSA) is 54.5 Å². The number of rotatable bonds is 5. The molecule has 1 N–H and O–H groups in total. The van der Waals surface area contributed by atoms with E-state index >= 15 is 0 Å². The second kappa shape index (κ2) is 8.47. The minimum Gasteiger partial charge on any atom is -0.474 e. The number of anilines is 1. The third-order valence-electron chi connectivity index (χ3n) is 4.34. The molecule has 1 aliphatic rings. The summed E-state index contributed by atoms with van der Waals surface area (Å²) in [5.74, 6) is 0.0272. The second-order valence-corrected chi connectivity index (χ2v) is 6.80. The minimum atomic E-state index is -0.505. The van der Waals surface area contributed by atoms with Crippen molar-refractivity contribution >= 4 is 23.2 Å². The maximum absolute atomic E-state index is 13.2. The van der Waals surface area contributed by atoms with E-state index in [1.807, 2.05) is 19.1 Å². The van der Waals surface area contributed by atoms with Gasteiger partial charge in [0.25, 0.3) is 0 Å². The Bertz CT molecular complexity index is 779. The molecule has 1 fully saturated rings. The van der Waals surface area contributed by atoms with Gasteiger partial charge in [-0.05, 0) is 44.0 Å². The zero-order valence-electron chi connectivity index (χ0n) is 14.5. The zero-order chi connectivity index (χ0) is 18.5. The van der Waals surface area contributed by atoms with Gasteiger partial charge in [-0.25, -0.2) is 9.37 Å². The Morgan fingerprint density at radius 3 is 2.85 bits per heavy atom. The molecule has 0 spiro atoms. The normalized spacial score (nSPS) is 15.7. The first-order chi connectivity index (χ1) is 12.5. The molecule has 5 nitrogen and oxygen atoms in total. The summed E-state index contributed by atoms with van der Waals surface area (Å²) >= 11 is 5.73. The van der Waals surface area contributed by atoms with Gasteiger partial charge < -0.3 is 10.1 Å². The monoisotopic (exact) mass is 377 g/mol. The molecule has 0 unspecified atom stereocenters. The van der Waals surface area contributed by atoms with Gasteiger partial charge in [-0.1, -0.05) is 17.7 Å². The number of halogens is 2. The molecule has 1 saturated heterocycles. The Kier molecular flexibility index (Phi) is 6.06. The average molecular weight is 378 g/mol. The number of pyridine rings is 1. The van der Waals surface area contributed by atoms with E-state index in [0.29, 0.717) is 11.6 Å². The number of carbonyl (C=O) groups excluding carboxylic acids is 1. The smallest absolute Gasteiger partial charge is 0.238 e. The summed E-state index contributed by atoms with van der Waals surface area (Å²) in [5.41, 5.74) is 1.51. The largest absolute Gasteiger partial charge is 0.474 e. The molecule has 1 aliphatic heterocycles. The number of benzene rings is 1. The molecule has 138 valence electrons. The van der Waals surface area contributed by atoms with Crippen molar-refractivity contribution in [3.8, 4) is 5.88 Å². The molecular formula is C19H21ClFN3O2. The first kappa shape index (κ1) is 18.6. The Balaban J connectivity index is 1.45. The molecule has 0 aliphatic carbocycles. The van der Waals surface area contributed by atoms with Gasteiger partial charge in [0.1, 0.15) is 11.9 Å². The van der Waals surface area contributed by atoms with Crippen LogP contribution in [0.25, 0.3) is 0 Å². The highest BCUT2D eigenvalue weighted by Crippen LogP contribution is 2.21. The quantitative estimate of drug-likeness (QED) is 0.863. The molecule has 0 atom stereocenters. The number of likely N-dealkylation sites (tertiary alicyclic amines) is 1. The van der Waals surface area contributed by atoms with Crippen LogP contribution in [-0.4, -0.2) is 41.5 Å². The molecule has 26 heavy (non-hydrogen) atoms. The van der Waals surface area contributed by atoms with Crippen LogP contribution in [0.4, 0.5) is 10.1 Å². The molecular weight excluding hydrogens is 357 g/mol. The van der Waals surface area contributed by atoms with Gasteiger partial charge in [0.2, 0.25) is 11.8 Å². The number of nitrogens with one attached hydrogen (secondary N) is 1. The van der Waals surface area contributed by atoms with Crippen LogP contribution in [0.1, 0.15) is 18.4 Å². The molecule has 0 bridgehead atoms. The lowest BCUT2D eigenvalue weighted by atomic mass is 10.1. The van der Waals surface area contributed by atoms with Crippen LogP contribution in [0.5, 0.6) is 5.88 Å². The van der Waals surface area contributed by atoms with Crippen molar-refractivity contribution in [3.05, 3.63) is 52.9 Å². The number of ether oxygens (including phenoxy) is 1. The molecule has 0 radical (unpaired) electrons. The van der Waals surface area contributed by atoms with Crippen LogP contribution < -0.4 is 10.1 Å². The van der Waals surface area contributed by atoms with E-state index in [2.05, 4.69) is 15.2 Å². The van der Waals surface area contributed by atoms with Gasteiger partial charge >= 0.3 is 0 Å². The number of piperidine rings is 1. The fourth-order valence-electron chi connectivity index (χ4n) is 2.92. The molecule has 7 heteroatoms.